The molecule has 1 aromatic heterocycles. The van der Waals surface area contributed by atoms with Gasteiger partial charge < -0.3 is 19.1 Å². The summed E-state index contributed by atoms with van der Waals surface area (Å²) in [6.07, 6.45) is -3.05. The van der Waals surface area contributed by atoms with Gasteiger partial charge in [-0.3, -0.25) is 14.5 Å². The van der Waals surface area contributed by atoms with Gasteiger partial charge >= 0.3 is 6.18 Å². The van der Waals surface area contributed by atoms with Crippen LogP contribution in [0.15, 0.2) is 107 Å². The minimum atomic E-state index is -5.36. The number of hydrogen-bond acceptors (Lipinski definition) is 7. The van der Waals surface area contributed by atoms with Gasteiger partial charge in [0.1, 0.15) is 17.3 Å². The number of alkyl halides is 3. The Morgan fingerprint density at radius 1 is 0.961 bits per heavy atom. The van der Waals surface area contributed by atoms with Crippen LogP contribution in [0.2, 0.25) is 0 Å². The molecule has 14 heteroatoms. The second-order valence-electron chi connectivity index (χ2n) is 11.6. The summed E-state index contributed by atoms with van der Waals surface area (Å²) in [5.74, 6) is -4.34. The van der Waals surface area contributed by atoms with E-state index in [1.54, 1.807) is 17.5 Å². The second kappa shape index (κ2) is 14.4. The van der Waals surface area contributed by atoms with E-state index < -0.39 is 62.6 Å². The van der Waals surface area contributed by atoms with E-state index in [4.69, 9.17) is 14.2 Å². The maximum atomic E-state index is 16.6. The average Bonchev–Trinajstić information content (AvgIpc) is 3.82. The first-order valence-corrected chi connectivity index (χ1v) is 17.7. The van der Waals surface area contributed by atoms with Gasteiger partial charge in [0.05, 0.1) is 48.5 Å². The number of allylic oxidation sites excluding steroid dienone is 2. The molecule has 4 aromatic rings. The molecule has 4 unspecified atom stereocenters. The molecule has 51 heavy (non-hydrogen) atoms. The monoisotopic (exact) mass is 740 g/mol. The molecule has 0 fully saturated rings. The van der Waals surface area contributed by atoms with Crippen LogP contribution in [0.5, 0.6) is 11.5 Å². The molecular formula is C37H32F4N2O6S2. The number of rotatable bonds is 11. The Balaban J connectivity index is 1.75. The fraction of sp³-hybridized carbons (Fsp3) is 0.243. The number of thiophene rings is 1. The molecule has 6 rings (SSSR count). The smallest absolute Gasteiger partial charge is 0.421 e. The third-order valence-electron chi connectivity index (χ3n) is 8.93. The number of ether oxygens (including phenoxy) is 3. The molecule has 0 aliphatic carbocycles. The van der Waals surface area contributed by atoms with Crippen LogP contribution in [0, 0.1) is 5.82 Å². The summed E-state index contributed by atoms with van der Waals surface area (Å²) in [7, 11) is 1.66. The summed E-state index contributed by atoms with van der Waals surface area (Å²) < 4.78 is 95.8. The molecule has 4 atom stereocenters. The minimum absolute atomic E-state index is 0.0204. The van der Waals surface area contributed by atoms with Gasteiger partial charge in [-0.25, -0.2) is 8.60 Å². The van der Waals surface area contributed by atoms with Gasteiger partial charge in [0.2, 0.25) is 11.4 Å². The molecule has 0 saturated heterocycles. The Morgan fingerprint density at radius 3 is 2.29 bits per heavy atom. The predicted octanol–water partition coefficient (Wildman–Crippen LogP) is 7.48. The predicted molar refractivity (Wildman–Crippen MR) is 186 cm³/mol. The SMILES string of the molecule is COCCN1C(=O)c2cccc(F)c2C(C(=O)N(c2cccc(OC)c2)C(C2=CC=CS2=O)(c2cccc(OC)c2)C(F)(F)F)C1c1cccs1. The van der Waals surface area contributed by atoms with Gasteiger partial charge in [0, 0.05) is 46.8 Å². The maximum absolute atomic E-state index is 16.6. The quantitative estimate of drug-likeness (QED) is 0.148. The van der Waals surface area contributed by atoms with Gasteiger partial charge in [-0.2, -0.15) is 13.2 Å². The molecule has 3 aromatic carbocycles. The Bertz CT molecular complexity index is 2030. The van der Waals surface area contributed by atoms with E-state index in [-0.39, 0.29) is 41.5 Å². The van der Waals surface area contributed by atoms with Gasteiger partial charge in [0.25, 0.3) is 5.91 Å². The number of fused-ring (bicyclic) bond motifs is 1. The van der Waals surface area contributed by atoms with Gasteiger partial charge in [-0.05, 0) is 59.5 Å². The number of benzene rings is 3. The van der Waals surface area contributed by atoms with Crippen LogP contribution in [-0.4, -0.2) is 61.6 Å². The molecule has 8 nitrogen and oxygen atoms in total. The number of hydrogen-bond donors (Lipinski definition) is 0. The van der Waals surface area contributed by atoms with E-state index in [2.05, 4.69) is 0 Å². The van der Waals surface area contributed by atoms with Crippen molar-refractivity contribution in [3.63, 3.8) is 0 Å². The molecule has 0 spiro atoms. The summed E-state index contributed by atoms with van der Waals surface area (Å²) >= 11 is 1.17. The first-order chi connectivity index (χ1) is 24.5. The first kappa shape index (κ1) is 36.0. The van der Waals surface area contributed by atoms with Crippen LogP contribution in [0.4, 0.5) is 23.2 Å². The third-order valence-corrected chi connectivity index (χ3v) is 11.1. The van der Waals surface area contributed by atoms with Crippen molar-refractivity contribution < 1.29 is 45.6 Å². The Labute approximate surface area is 298 Å². The number of anilines is 1. The lowest BCUT2D eigenvalue weighted by atomic mass is 9.78. The number of methoxy groups -OCH3 is 3. The summed E-state index contributed by atoms with van der Waals surface area (Å²) in [4.78, 5) is 31.5. The van der Waals surface area contributed by atoms with Gasteiger partial charge in [-0.15, -0.1) is 11.3 Å². The lowest BCUT2D eigenvalue weighted by Gasteiger charge is -2.49. The summed E-state index contributed by atoms with van der Waals surface area (Å²) in [5, 5.41) is 2.79. The van der Waals surface area contributed by atoms with E-state index in [1.165, 1.54) is 98.2 Å². The Morgan fingerprint density at radius 2 is 1.67 bits per heavy atom. The molecule has 2 aliphatic heterocycles. The van der Waals surface area contributed by atoms with Crippen molar-refractivity contribution in [3.05, 3.63) is 134 Å². The van der Waals surface area contributed by atoms with E-state index >= 15 is 22.4 Å². The van der Waals surface area contributed by atoms with Crippen molar-refractivity contribution in [2.45, 2.75) is 23.7 Å². The van der Waals surface area contributed by atoms with Crippen LogP contribution in [0.1, 0.15) is 38.3 Å². The number of carbonyl (C=O) groups is 2. The van der Waals surface area contributed by atoms with Crippen molar-refractivity contribution >= 4 is 39.6 Å². The van der Waals surface area contributed by atoms with Gasteiger partial charge in [0.15, 0.2) is 0 Å². The topological polar surface area (TPSA) is 85.4 Å². The van der Waals surface area contributed by atoms with Crippen molar-refractivity contribution in [1.82, 2.24) is 4.90 Å². The highest BCUT2D eigenvalue weighted by Crippen LogP contribution is 2.56. The zero-order valence-electron chi connectivity index (χ0n) is 27.6. The van der Waals surface area contributed by atoms with Crippen molar-refractivity contribution in [1.29, 1.82) is 0 Å². The highest BCUT2D eigenvalue weighted by molar-refractivity contribution is 7.92. The molecule has 0 radical (unpaired) electrons. The van der Waals surface area contributed by atoms with Crippen LogP contribution >= 0.6 is 11.3 Å². The molecule has 2 aliphatic rings. The Kier molecular flexibility index (Phi) is 10.2. The molecule has 0 bridgehead atoms. The average molecular weight is 741 g/mol. The first-order valence-electron chi connectivity index (χ1n) is 15.6. The largest absolute Gasteiger partial charge is 0.497 e. The Hall–Kier alpha value is -4.79. The van der Waals surface area contributed by atoms with Crippen molar-refractivity contribution in [3.8, 4) is 11.5 Å². The highest BCUT2D eigenvalue weighted by Gasteiger charge is 2.67. The molecule has 266 valence electrons. The second-order valence-corrected chi connectivity index (χ2v) is 13.9. The fourth-order valence-corrected chi connectivity index (χ4v) is 8.83. The highest BCUT2D eigenvalue weighted by atomic mass is 32.2. The number of halogens is 4. The number of nitrogens with zero attached hydrogens (tertiary/aromatic N) is 2. The van der Waals surface area contributed by atoms with Gasteiger partial charge in [-0.1, -0.05) is 36.4 Å². The van der Waals surface area contributed by atoms with Crippen molar-refractivity contribution in [2.75, 3.05) is 39.4 Å². The van der Waals surface area contributed by atoms with Crippen LogP contribution in [-0.2, 0) is 25.9 Å². The summed E-state index contributed by atoms with van der Waals surface area (Å²) in [5.41, 5.74) is -4.75. The number of amides is 2. The maximum Gasteiger partial charge on any atom is 0.421 e. The van der Waals surface area contributed by atoms with Crippen LogP contribution in [0.25, 0.3) is 0 Å². The van der Waals surface area contributed by atoms with Crippen LogP contribution in [0.3, 0.4) is 0 Å². The number of carbonyl (C=O) groups excluding carboxylic acids is 2. The fourth-order valence-electron chi connectivity index (χ4n) is 6.76. The molecule has 3 heterocycles. The van der Waals surface area contributed by atoms with Crippen LogP contribution < -0.4 is 14.4 Å². The van der Waals surface area contributed by atoms with E-state index in [0.717, 1.165) is 23.6 Å². The lowest BCUT2D eigenvalue weighted by molar-refractivity contribution is -0.180. The summed E-state index contributed by atoms with van der Waals surface area (Å²) in [6.45, 7) is -0.0389. The molecule has 0 saturated carbocycles. The molecular weight excluding hydrogens is 709 g/mol. The lowest BCUT2D eigenvalue weighted by Crippen LogP contribution is -2.62. The normalized spacial score (nSPS) is 19.7. The zero-order chi connectivity index (χ0) is 36.5. The van der Waals surface area contributed by atoms with Crippen molar-refractivity contribution in [2.24, 2.45) is 0 Å². The zero-order valence-corrected chi connectivity index (χ0v) is 29.2. The van der Waals surface area contributed by atoms with E-state index in [0.29, 0.717) is 9.78 Å². The summed E-state index contributed by atoms with van der Waals surface area (Å²) in [6, 6.07) is 16.3. The van der Waals surface area contributed by atoms with E-state index in [1.807, 2.05) is 0 Å². The third kappa shape index (κ3) is 6.14. The molecule has 0 N–H and O–H groups in total. The van der Waals surface area contributed by atoms with E-state index in [9.17, 15) is 9.00 Å². The molecule has 2 amide bonds. The minimum Gasteiger partial charge on any atom is -0.497 e. The standard InChI is InChI=1S/C37H32F4N2O6S2/c1-47-18-17-42-33(29-15-7-19-50-29)32(31-27(34(42)44)13-6-14-28(31)38)35(45)43(24-10-5-12-26(22-24)49-3)36(37(39,40)41,30-16-8-20-51(30)46)23-9-4-11-25(21-23)48-2/h4-16,19-22,32-33H,17-18H2,1-3H3.